The van der Waals surface area contributed by atoms with E-state index in [1.807, 2.05) is 13.8 Å². The van der Waals surface area contributed by atoms with Crippen LogP contribution in [0.3, 0.4) is 0 Å². The van der Waals surface area contributed by atoms with Gasteiger partial charge in [-0.1, -0.05) is 71.5 Å². The van der Waals surface area contributed by atoms with Crippen molar-refractivity contribution in [1.82, 2.24) is 4.98 Å². The van der Waals surface area contributed by atoms with Crippen LogP contribution in [-0.4, -0.2) is 99.5 Å². The van der Waals surface area contributed by atoms with E-state index in [-0.39, 0.29) is 29.2 Å². The lowest BCUT2D eigenvalue weighted by Crippen LogP contribution is -2.59. The van der Waals surface area contributed by atoms with E-state index in [1.54, 1.807) is 57.2 Å². The molecule has 14 heteroatoms. The molecule has 2 aromatic rings. The summed E-state index contributed by atoms with van der Waals surface area (Å²) in [7, 11) is 0. The standard InChI is InChI=1S/C43H55NO13/c1-24(2)22-52-35-26(4)34(53-27(5)45)32-37(55-39(49)30-15-12-11-13-16-30)42(10,57-29(7)47)23-43(32,51)36(54-28(6)46)25(3)18-19-41(8,9)38(33(35)48)56-40(50)31-17-14-20-44-21-31/h11-21,24-25,32-38,48,51H,4,22-23H2,1-3,5-10H3/b19-18+/t25-,32-,33+,34-,35-,36-,37+,38+,42+,43+/m0/s1. The maximum absolute atomic E-state index is 13.9. The molecule has 0 saturated heterocycles. The van der Waals surface area contributed by atoms with Crippen molar-refractivity contribution < 1.29 is 62.6 Å². The second kappa shape index (κ2) is 18.1. The highest BCUT2D eigenvalue weighted by Gasteiger charge is 2.70. The first-order valence-electron chi connectivity index (χ1n) is 18.9. The Morgan fingerprint density at radius 2 is 1.42 bits per heavy atom. The summed E-state index contributed by atoms with van der Waals surface area (Å²) in [6, 6.07) is 11.0. The lowest BCUT2D eigenvalue weighted by molar-refractivity contribution is -0.193. The fourth-order valence-electron chi connectivity index (χ4n) is 7.88. The van der Waals surface area contributed by atoms with Gasteiger partial charge in [0.2, 0.25) is 0 Å². The molecule has 2 aliphatic carbocycles. The number of hydrogen-bond acceptors (Lipinski definition) is 14. The number of ether oxygens (including phenoxy) is 6. The summed E-state index contributed by atoms with van der Waals surface area (Å²) in [6.07, 6.45) is -3.67. The SMILES string of the molecule is C=C1[C@H](OCC(C)C)[C@@H](O)[C@@H](OC(=O)c2cccnc2)C(C)(C)/C=C/[C@H](C)[C@H](OC(C)=O)[C@@]2(O)C[C@@](C)(OC(C)=O)[C@H](OC(=O)c3ccccc3)[C@@H]2[C@H]1OC(C)=O. The molecule has 2 N–H and O–H groups in total. The summed E-state index contributed by atoms with van der Waals surface area (Å²) in [5, 5.41) is 25.7. The minimum Gasteiger partial charge on any atom is -0.459 e. The largest absolute Gasteiger partial charge is 0.459 e. The topological polar surface area (TPSA) is 194 Å². The molecule has 14 nitrogen and oxygen atoms in total. The summed E-state index contributed by atoms with van der Waals surface area (Å²) in [4.78, 5) is 70.4. The molecule has 1 heterocycles. The van der Waals surface area contributed by atoms with Crippen LogP contribution in [0.1, 0.15) is 89.5 Å². The smallest absolute Gasteiger partial charge is 0.340 e. The zero-order chi connectivity index (χ0) is 42.5. The Bertz CT molecular complexity index is 1810. The number of carbonyl (C=O) groups is 5. The predicted octanol–water partition coefficient (Wildman–Crippen LogP) is 4.96. The average Bonchev–Trinajstić information content (AvgIpc) is 3.35. The molecule has 0 radical (unpaired) electrons. The number of aromatic nitrogens is 1. The van der Waals surface area contributed by atoms with Gasteiger partial charge in [0.15, 0.2) is 6.10 Å². The van der Waals surface area contributed by atoms with Gasteiger partial charge in [0.1, 0.15) is 41.7 Å². The lowest BCUT2D eigenvalue weighted by Gasteiger charge is -2.46. The molecule has 1 fully saturated rings. The summed E-state index contributed by atoms with van der Waals surface area (Å²) in [5.74, 6) is -6.65. The Kier molecular flexibility index (Phi) is 14.2. The Hall–Kier alpha value is -4.92. The van der Waals surface area contributed by atoms with Crippen LogP contribution in [0, 0.1) is 23.2 Å². The minimum atomic E-state index is -2.30. The van der Waals surface area contributed by atoms with Crippen LogP contribution in [0.15, 0.2) is 79.2 Å². The molecule has 0 amide bonds. The number of aliphatic hydroxyl groups excluding tert-OH is 1. The highest BCUT2D eigenvalue weighted by molar-refractivity contribution is 5.90. The summed E-state index contributed by atoms with van der Waals surface area (Å²) in [5.41, 5.74) is -5.21. The van der Waals surface area contributed by atoms with Gasteiger partial charge >= 0.3 is 29.8 Å². The molecule has 2 aliphatic rings. The maximum atomic E-state index is 13.9. The number of pyridine rings is 1. The van der Waals surface area contributed by atoms with Crippen molar-refractivity contribution in [3.63, 3.8) is 0 Å². The van der Waals surface area contributed by atoms with Gasteiger partial charge in [-0.2, -0.15) is 0 Å². The van der Waals surface area contributed by atoms with Gasteiger partial charge in [0.05, 0.1) is 17.0 Å². The Morgan fingerprint density at radius 1 is 0.825 bits per heavy atom. The molecule has 4 rings (SSSR count). The summed E-state index contributed by atoms with van der Waals surface area (Å²) < 4.78 is 36.5. The van der Waals surface area contributed by atoms with E-state index in [0.717, 1.165) is 20.8 Å². The number of aliphatic hydroxyl groups is 2. The van der Waals surface area contributed by atoms with Gasteiger partial charge in [0.25, 0.3) is 0 Å². The third-order valence-corrected chi connectivity index (χ3v) is 10.3. The van der Waals surface area contributed by atoms with Crippen molar-refractivity contribution in [1.29, 1.82) is 0 Å². The zero-order valence-corrected chi connectivity index (χ0v) is 34.0. The van der Waals surface area contributed by atoms with Gasteiger partial charge in [-0.15, -0.1) is 0 Å². The number of nitrogens with zero attached hydrogens (tertiary/aromatic N) is 1. The summed E-state index contributed by atoms with van der Waals surface area (Å²) >= 11 is 0. The Balaban J connectivity index is 2.06. The van der Waals surface area contributed by atoms with E-state index in [0.29, 0.717) is 0 Å². The van der Waals surface area contributed by atoms with Crippen LogP contribution in [0.4, 0.5) is 0 Å². The van der Waals surface area contributed by atoms with Crippen LogP contribution < -0.4 is 0 Å². The number of benzene rings is 1. The normalized spacial score (nSPS) is 31.8. The van der Waals surface area contributed by atoms with Gasteiger partial charge in [-0.05, 0) is 42.7 Å². The highest BCUT2D eigenvalue weighted by atomic mass is 16.6. The molecule has 0 unspecified atom stereocenters. The molecule has 310 valence electrons. The predicted molar refractivity (Wildman–Crippen MR) is 205 cm³/mol. The van der Waals surface area contributed by atoms with E-state index < -0.39 is 101 Å². The molecule has 0 aliphatic heterocycles. The van der Waals surface area contributed by atoms with Crippen LogP contribution in [0.2, 0.25) is 0 Å². The third-order valence-electron chi connectivity index (χ3n) is 10.3. The van der Waals surface area contributed by atoms with Crippen molar-refractivity contribution >= 4 is 29.8 Å². The second-order valence-electron chi connectivity index (χ2n) is 16.2. The van der Waals surface area contributed by atoms with E-state index >= 15 is 0 Å². The van der Waals surface area contributed by atoms with Crippen molar-refractivity contribution in [2.24, 2.45) is 23.2 Å². The van der Waals surface area contributed by atoms with Crippen LogP contribution in [0.5, 0.6) is 0 Å². The molecule has 57 heavy (non-hydrogen) atoms. The quantitative estimate of drug-likeness (QED) is 0.186. The first kappa shape index (κ1) is 44.8. The summed E-state index contributed by atoms with van der Waals surface area (Å²) in [6.45, 7) is 18.0. The molecule has 1 aromatic carbocycles. The van der Waals surface area contributed by atoms with Crippen molar-refractivity contribution in [2.75, 3.05) is 6.61 Å². The molecular weight excluding hydrogens is 738 g/mol. The number of carbonyl (C=O) groups excluding carboxylic acids is 5. The molecular formula is C43H55NO13. The number of fused-ring (bicyclic) bond motifs is 1. The Morgan fingerprint density at radius 3 is 1.98 bits per heavy atom. The van der Waals surface area contributed by atoms with Crippen molar-refractivity contribution in [3.8, 4) is 0 Å². The number of esters is 5. The van der Waals surface area contributed by atoms with Crippen molar-refractivity contribution in [3.05, 3.63) is 90.3 Å². The van der Waals surface area contributed by atoms with E-state index in [1.165, 1.54) is 37.5 Å². The first-order valence-corrected chi connectivity index (χ1v) is 18.9. The molecule has 1 saturated carbocycles. The zero-order valence-electron chi connectivity index (χ0n) is 34.0. The molecule has 0 bridgehead atoms. The molecule has 10 atom stereocenters. The lowest BCUT2D eigenvalue weighted by atomic mass is 9.71. The fraction of sp³-hybridized carbons (Fsp3) is 0.535. The minimum absolute atomic E-state index is 0.0344. The molecule has 1 aromatic heterocycles. The maximum Gasteiger partial charge on any atom is 0.340 e. The number of hydrogen-bond donors (Lipinski definition) is 2. The van der Waals surface area contributed by atoms with Gasteiger partial charge in [-0.3, -0.25) is 19.4 Å². The van der Waals surface area contributed by atoms with Crippen LogP contribution in [0.25, 0.3) is 0 Å². The van der Waals surface area contributed by atoms with Crippen LogP contribution >= 0.6 is 0 Å². The monoisotopic (exact) mass is 793 g/mol. The van der Waals surface area contributed by atoms with Crippen molar-refractivity contribution in [2.45, 2.75) is 117 Å². The second-order valence-corrected chi connectivity index (χ2v) is 16.2. The van der Waals surface area contributed by atoms with Gasteiger partial charge in [0, 0.05) is 57.5 Å². The van der Waals surface area contributed by atoms with Gasteiger partial charge < -0.3 is 38.6 Å². The first-order chi connectivity index (χ1) is 26.6. The highest BCUT2D eigenvalue weighted by Crippen LogP contribution is 2.54. The number of rotatable bonds is 10. The van der Waals surface area contributed by atoms with E-state index in [4.69, 9.17) is 28.4 Å². The molecule has 0 spiro atoms. The van der Waals surface area contributed by atoms with Gasteiger partial charge in [-0.25, -0.2) is 9.59 Å². The average molecular weight is 794 g/mol. The Labute approximate surface area is 333 Å². The third kappa shape index (κ3) is 10.3. The van der Waals surface area contributed by atoms with E-state index in [2.05, 4.69) is 11.6 Å². The fourth-order valence-corrected chi connectivity index (χ4v) is 7.88. The van der Waals surface area contributed by atoms with Crippen LogP contribution in [-0.2, 0) is 42.8 Å². The van der Waals surface area contributed by atoms with E-state index in [9.17, 15) is 34.2 Å².